The van der Waals surface area contributed by atoms with Gasteiger partial charge in [0.1, 0.15) is 0 Å². The van der Waals surface area contributed by atoms with Crippen molar-refractivity contribution in [1.29, 1.82) is 0 Å². The zero-order valence-electron chi connectivity index (χ0n) is 25.0. The van der Waals surface area contributed by atoms with Crippen molar-refractivity contribution >= 4 is 69.0 Å². The highest BCUT2D eigenvalue weighted by molar-refractivity contribution is 8.31. The summed E-state index contributed by atoms with van der Waals surface area (Å²) < 4.78 is 97.1. The van der Waals surface area contributed by atoms with Gasteiger partial charge in [0.25, 0.3) is 0 Å². The van der Waals surface area contributed by atoms with Gasteiger partial charge in [0, 0.05) is 24.5 Å². The molecule has 51 heavy (non-hydrogen) atoms. The van der Waals surface area contributed by atoms with Crippen LogP contribution < -0.4 is 0 Å². The highest BCUT2D eigenvalue weighted by Gasteiger charge is 2.51. The normalized spacial score (nSPS) is 18.6. The Hall–Kier alpha value is -1.56. The highest BCUT2D eigenvalue weighted by Crippen LogP contribution is 2.80. The molecule has 4 rings (SSSR count). The maximum Gasteiger partial charge on any atom is 0.491 e. The number of phosphoric acid groups is 6. The molecule has 0 aliphatic rings. The molecule has 278 valence electrons. The Kier molecular flexibility index (Phi) is 13.6. The van der Waals surface area contributed by atoms with E-state index in [1.165, 1.54) is 36.0 Å². The van der Waals surface area contributed by atoms with Gasteiger partial charge in [-0.25, -0.2) is 31.4 Å². The Labute approximate surface area is 295 Å². The third kappa shape index (κ3) is 12.8. The fourth-order valence-corrected chi connectivity index (χ4v) is 16.5. The van der Waals surface area contributed by atoms with Crippen LogP contribution in [0.15, 0.2) is 140 Å². The first-order valence-electron chi connectivity index (χ1n) is 13.2. The maximum absolute atomic E-state index is 13.6. The minimum Gasteiger partial charge on any atom is -0.302 e. The molecule has 0 aromatic heterocycles. The van der Waals surface area contributed by atoms with Crippen LogP contribution in [0.3, 0.4) is 0 Å². The van der Waals surface area contributed by atoms with E-state index in [0.29, 0.717) is 0 Å². The largest absolute Gasteiger partial charge is 0.491 e. The van der Waals surface area contributed by atoms with Crippen molar-refractivity contribution in [2.75, 3.05) is 0 Å². The first-order chi connectivity index (χ1) is 23.5. The molecule has 0 saturated heterocycles. The van der Waals surface area contributed by atoms with Gasteiger partial charge in [-0.2, -0.15) is 21.6 Å². The molecule has 7 N–H and O–H groups in total. The molecule has 4 aromatic carbocycles. The minimum absolute atomic E-state index is 0.268. The fourth-order valence-electron chi connectivity index (χ4n) is 3.96. The Balaban J connectivity index is 1.67. The third-order valence-corrected chi connectivity index (χ3v) is 19.3. The van der Waals surface area contributed by atoms with Gasteiger partial charge in [0.2, 0.25) is 0 Å². The first kappa shape index (κ1) is 42.2. The van der Waals surface area contributed by atoms with E-state index in [2.05, 4.69) is 21.6 Å². The predicted molar refractivity (Wildman–Crippen MR) is 180 cm³/mol. The summed E-state index contributed by atoms with van der Waals surface area (Å²) in [5.41, 5.74) is 0. The molecule has 0 aliphatic carbocycles. The van der Waals surface area contributed by atoms with Gasteiger partial charge in [-0.3, -0.25) is 0 Å². The lowest BCUT2D eigenvalue weighted by Gasteiger charge is -2.40. The molecule has 0 radical (unpaired) electrons. The average Bonchev–Trinajstić information content (AvgIpc) is 2.98. The highest BCUT2D eigenvalue weighted by atomic mass is 32.3. The van der Waals surface area contributed by atoms with Crippen LogP contribution in [0.1, 0.15) is 0 Å². The minimum atomic E-state index is -6.46. The van der Waals surface area contributed by atoms with Gasteiger partial charge >= 0.3 is 46.9 Å². The van der Waals surface area contributed by atoms with Crippen LogP contribution in [0.25, 0.3) is 0 Å². The molecule has 4 aromatic rings. The van der Waals surface area contributed by atoms with Crippen LogP contribution >= 0.6 is 69.0 Å². The smallest absolute Gasteiger partial charge is 0.302 e. The lowest BCUT2D eigenvalue weighted by Crippen LogP contribution is -2.08. The van der Waals surface area contributed by atoms with Gasteiger partial charge in [0.15, 0.2) is 0 Å². The van der Waals surface area contributed by atoms with Crippen molar-refractivity contribution in [3.63, 3.8) is 0 Å². The number of hydrogen-bond acceptors (Lipinski definition) is 13. The number of rotatable bonds is 17. The predicted octanol–water partition coefficient (Wildman–Crippen LogP) is 7.73. The number of benzene rings is 4. The Bertz CT molecular complexity index is 2060. The summed E-state index contributed by atoms with van der Waals surface area (Å²) in [6, 6.07) is 31.6. The van der Waals surface area contributed by atoms with Crippen LogP contribution in [0, 0.1) is 0 Å². The van der Waals surface area contributed by atoms with E-state index in [1.807, 2.05) is 30.3 Å². The van der Waals surface area contributed by atoms with Crippen LogP contribution in [0.2, 0.25) is 0 Å². The summed E-state index contributed by atoms with van der Waals surface area (Å²) in [5.74, 6) is 0. The molecule has 5 unspecified atom stereocenters. The Morgan fingerprint density at radius 3 is 1.10 bits per heavy atom. The molecule has 0 saturated carbocycles. The SMILES string of the molecule is O=P(O)(O)OP(=O)(O)OP(=O)(O)OP(=O)(O)OP(=O)(O)OP(=O)(O)OS(c1ccccc1)(c1ccccc1)c1ccc(Sc2ccccc2)cc1. The van der Waals surface area contributed by atoms with E-state index in [9.17, 15) is 51.9 Å². The van der Waals surface area contributed by atoms with E-state index in [0.717, 1.165) is 9.79 Å². The topological polar surface area (TPSA) is 299 Å². The molecule has 0 aliphatic heterocycles. The Morgan fingerprint density at radius 2 is 0.706 bits per heavy atom. The molecular weight excluding hydrogens is 842 g/mol. The molecule has 0 amide bonds. The summed E-state index contributed by atoms with van der Waals surface area (Å²) in [6.45, 7) is 0. The second kappa shape index (κ2) is 16.4. The lowest BCUT2D eigenvalue weighted by atomic mass is 10.3. The molecular formula is C24H26O19P6S2. The van der Waals surface area contributed by atoms with Gasteiger partial charge in [0.05, 0.1) is 0 Å². The van der Waals surface area contributed by atoms with E-state index in [-0.39, 0.29) is 14.7 Å². The van der Waals surface area contributed by atoms with E-state index >= 15 is 0 Å². The molecule has 0 spiro atoms. The summed E-state index contributed by atoms with van der Waals surface area (Å²) >= 11 is 1.41. The molecule has 27 heteroatoms. The van der Waals surface area contributed by atoms with Crippen LogP contribution in [-0.4, -0.2) is 34.3 Å². The molecule has 0 fully saturated rings. The van der Waals surface area contributed by atoms with E-state index in [1.54, 1.807) is 60.7 Å². The Morgan fingerprint density at radius 1 is 0.392 bits per heavy atom. The summed E-state index contributed by atoms with van der Waals surface area (Å²) in [6.07, 6.45) is 0. The van der Waals surface area contributed by atoms with E-state index in [4.69, 9.17) is 13.8 Å². The van der Waals surface area contributed by atoms with Crippen LogP contribution in [0.4, 0.5) is 0 Å². The second-order valence-corrected chi connectivity index (χ2v) is 22.6. The van der Waals surface area contributed by atoms with Crippen LogP contribution in [0.5, 0.6) is 0 Å². The van der Waals surface area contributed by atoms with Crippen molar-refractivity contribution in [1.82, 2.24) is 0 Å². The van der Waals surface area contributed by atoms with Crippen molar-refractivity contribution in [3.8, 4) is 0 Å². The average molecular weight is 868 g/mol. The van der Waals surface area contributed by atoms with Crippen molar-refractivity contribution < 1.29 is 87.2 Å². The second-order valence-electron chi connectivity index (χ2n) is 9.38. The first-order valence-corrected chi connectivity index (χ1v) is 24.6. The van der Waals surface area contributed by atoms with Gasteiger partial charge in [-0.1, -0.05) is 66.4 Å². The van der Waals surface area contributed by atoms with Gasteiger partial charge < -0.3 is 34.3 Å². The quantitative estimate of drug-likeness (QED) is 0.0499. The summed E-state index contributed by atoms with van der Waals surface area (Å²) in [4.78, 5) is 69.4. The maximum atomic E-state index is 13.6. The molecule has 0 bridgehead atoms. The summed E-state index contributed by atoms with van der Waals surface area (Å²) in [7, 11) is -40.6. The van der Waals surface area contributed by atoms with Crippen molar-refractivity contribution in [2.24, 2.45) is 0 Å². The third-order valence-electron chi connectivity index (χ3n) is 5.53. The van der Waals surface area contributed by atoms with Gasteiger partial charge in [-0.05, 0) is 71.0 Å². The molecule has 0 heterocycles. The molecule has 5 atom stereocenters. The van der Waals surface area contributed by atoms with E-state index < -0.39 is 57.2 Å². The fraction of sp³-hybridized carbons (Fsp3) is 0. The van der Waals surface area contributed by atoms with Crippen LogP contribution in [-0.2, 0) is 52.9 Å². The standard InChI is InChI=1S/C24H26O19P6S2/c25-44(26,27)38-45(28,29)39-46(30,31)40-47(32,33)41-48(34,35)42-49(36,37)43-51(22-12-6-2-7-13-22,23-14-8-3-9-15-23)24-18-16-21(17-19-24)50-20-10-4-1-5-11-20/h1-19H,(H,28,29)(H,30,31)(H,32,33)(H,34,35)(H,36,37)(H2,25,26,27). The summed E-state index contributed by atoms with van der Waals surface area (Å²) in [5, 5.41) is 0. The van der Waals surface area contributed by atoms with Gasteiger partial charge in [-0.15, -0.1) is 0 Å². The monoisotopic (exact) mass is 868 g/mol. The molecule has 19 nitrogen and oxygen atoms in total. The number of hydrogen-bond donors (Lipinski definition) is 7. The zero-order chi connectivity index (χ0) is 37.8. The van der Waals surface area contributed by atoms with Crippen molar-refractivity contribution in [3.05, 3.63) is 115 Å². The zero-order valence-corrected chi connectivity index (χ0v) is 32.0. The lowest BCUT2D eigenvalue weighted by molar-refractivity contribution is 0.186. The van der Waals surface area contributed by atoms with Crippen molar-refractivity contribution in [2.45, 2.75) is 24.5 Å².